The number of nitrogens with zero attached hydrogens (tertiary/aromatic N) is 2. The van der Waals surface area contributed by atoms with Gasteiger partial charge in [0.1, 0.15) is 6.54 Å². The van der Waals surface area contributed by atoms with E-state index in [2.05, 4.69) is 28.5 Å². The molecule has 1 amide bonds. The third kappa shape index (κ3) is 3.34. The van der Waals surface area contributed by atoms with Crippen molar-refractivity contribution in [3.05, 3.63) is 34.6 Å². The van der Waals surface area contributed by atoms with Crippen molar-refractivity contribution in [3.8, 4) is 11.4 Å². The highest BCUT2D eigenvalue weighted by atomic mass is 32.1. The van der Waals surface area contributed by atoms with Gasteiger partial charge in [0.05, 0.1) is 0 Å². The van der Waals surface area contributed by atoms with E-state index in [9.17, 15) is 4.79 Å². The number of fused-ring (bicyclic) bond motifs is 2. The molecule has 2 aliphatic rings. The van der Waals surface area contributed by atoms with E-state index in [1.165, 1.54) is 25.7 Å². The summed E-state index contributed by atoms with van der Waals surface area (Å²) in [5.74, 6) is 3.04. The van der Waals surface area contributed by atoms with E-state index in [1.54, 1.807) is 4.57 Å². The standard InChI is InChI=1S/C20H26N4OS/c1-12-4-3-5-16(8-12)19-22-23-20(26)24(19)11-18(25)21-13(2)17-10-14-6-7-15(17)9-14/h3-5,8,13-15,17H,6-7,9-11H2,1-2H3,(H,21,25)(H,23,26)/t13-,14-,15-,17+/m0/s1. The van der Waals surface area contributed by atoms with Gasteiger partial charge >= 0.3 is 0 Å². The first-order valence-corrected chi connectivity index (χ1v) is 9.93. The van der Waals surface area contributed by atoms with Crippen LogP contribution < -0.4 is 5.32 Å². The van der Waals surface area contributed by atoms with E-state index in [0.29, 0.717) is 16.5 Å². The number of hydrogen-bond donors (Lipinski definition) is 2. The fraction of sp³-hybridized carbons (Fsp3) is 0.550. The zero-order valence-electron chi connectivity index (χ0n) is 15.4. The highest BCUT2D eigenvalue weighted by molar-refractivity contribution is 7.71. The van der Waals surface area contributed by atoms with Gasteiger partial charge in [-0.1, -0.05) is 30.2 Å². The van der Waals surface area contributed by atoms with Crippen LogP contribution in [-0.2, 0) is 11.3 Å². The van der Waals surface area contributed by atoms with Crippen LogP contribution in [0.2, 0.25) is 0 Å². The number of aromatic nitrogens is 3. The van der Waals surface area contributed by atoms with Gasteiger partial charge in [-0.3, -0.25) is 14.5 Å². The molecule has 4 atom stereocenters. The predicted octanol–water partition coefficient (Wildman–Crippen LogP) is 3.86. The highest BCUT2D eigenvalue weighted by Crippen LogP contribution is 2.49. The van der Waals surface area contributed by atoms with Crippen LogP contribution in [0.25, 0.3) is 11.4 Å². The molecule has 0 spiro atoms. The molecule has 2 fully saturated rings. The molecule has 138 valence electrons. The second-order valence-corrected chi connectivity index (χ2v) is 8.39. The molecular formula is C20H26N4OS. The second kappa shape index (κ2) is 6.99. The molecule has 2 aromatic rings. The molecule has 2 bridgehead atoms. The fourth-order valence-electron chi connectivity index (χ4n) is 4.93. The minimum atomic E-state index is 0.00618. The number of carbonyl (C=O) groups excluding carboxylic acids is 1. The lowest BCUT2D eigenvalue weighted by molar-refractivity contribution is -0.122. The van der Waals surface area contributed by atoms with Crippen LogP contribution >= 0.6 is 12.2 Å². The first-order valence-electron chi connectivity index (χ1n) is 9.53. The molecule has 4 rings (SSSR count). The van der Waals surface area contributed by atoms with Gasteiger partial charge in [-0.2, -0.15) is 5.10 Å². The maximum absolute atomic E-state index is 12.7. The van der Waals surface area contributed by atoms with E-state index >= 15 is 0 Å². The Kier molecular flexibility index (Phi) is 4.69. The smallest absolute Gasteiger partial charge is 0.240 e. The Morgan fingerprint density at radius 2 is 2.27 bits per heavy atom. The molecule has 0 radical (unpaired) electrons. The summed E-state index contributed by atoms with van der Waals surface area (Å²) in [7, 11) is 0. The Morgan fingerprint density at radius 3 is 2.96 bits per heavy atom. The topological polar surface area (TPSA) is 62.7 Å². The number of amides is 1. The van der Waals surface area contributed by atoms with Crippen molar-refractivity contribution < 1.29 is 4.79 Å². The van der Waals surface area contributed by atoms with Gasteiger partial charge < -0.3 is 5.32 Å². The summed E-state index contributed by atoms with van der Waals surface area (Å²) in [6, 6.07) is 8.30. The van der Waals surface area contributed by atoms with Crippen LogP contribution in [0.4, 0.5) is 0 Å². The van der Waals surface area contributed by atoms with Crippen LogP contribution in [0.15, 0.2) is 24.3 Å². The quantitative estimate of drug-likeness (QED) is 0.786. The maximum Gasteiger partial charge on any atom is 0.240 e. The number of aryl methyl sites for hydroxylation is 1. The molecule has 2 N–H and O–H groups in total. The Balaban J connectivity index is 1.46. The minimum absolute atomic E-state index is 0.00618. The number of rotatable bonds is 5. The molecular weight excluding hydrogens is 344 g/mol. The number of aromatic amines is 1. The van der Waals surface area contributed by atoms with E-state index in [0.717, 1.165) is 23.0 Å². The molecule has 1 aromatic carbocycles. The largest absolute Gasteiger partial charge is 0.352 e. The summed E-state index contributed by atoms with van der Waals surface area (Å²) in [5, 5.41) is 10.4. The Bertz CT molecular complexity index is 871. The van der Waals surface area contributed by atoms with Gasteiger partial charge in [-0.05, 0) is 69.1 Å². The summed E-state index contributed by atoms with van der Waals surface area (Å²) in [6.07, 6.45) is 5.34. The van der Waals surface area contributed by atoms with Gasteiger partial charge in [0.25, 0.3) is 0 Å². The van der Waals surface area contributed by atoms with Crippen molar-refractivity contribution in [1.82, 2.24) is 20.1 Å². The summed E-state index contributed by atoms with van der Waals surface area (Å²) in [4.78, 5) is 12.7. The van der Waals surface area contributed by atoms with Gasteiger partial charge in [-0.15, -0.1) is 0 Å². The Morgan fingerprint density at radius 1 is 1.42 bits per heavy atom. The monoisotopic (exact) mass is 370 g/mol. The highest BCUT2D eigenvalue weighted by Gasteiger charge is 2.42. The zero-order chi connectivity index (χ0) is 18.3. The van der Waals surface area contributed by atoms with Crippen molar-refractivity contribution in [2.24, 2.45) is 17.8 Å². The average molecular weight is 371 g/mol. The lowest BCUT2D eigenvalue weighted by Crippen LogP contribution is -2.41. The lowest BCUT2D eigenvalue weighted by Gasteiger charge is -2.28. The maximum atomic E-state index is 12.7. The Hall–Kier alpha value is -1.95. The van der Waals surface area contributed by atoms with E-state index < -0.39 is 0 Å². The molecule has 6 heteroatoms. The molecule has 1 heterocycles. The molecule has 0 aliphatic heterocycles. The summed E-state index contributed by atoms with van der Waals surface area (Å²) < 4.78 is 2.26. The number of nitrogens with one attached hydrogen (secondary N) is 2. The summed E-state index contributed by atoms with van der Waals surface area (Å²) >= 11 is 5.35. The number of H-pyrrole nitrogens is 1. The lowest BCUT2D eigenvalue weighted by atomic mass is 9.84. The third-order valence-electron chi connectivity index (χ3n) is 6.16. The van der Waals surface area contributed by atoms with Crippen LogP contribution in [0.3, 0.4) is 0 Å². The van der Waals surface area contributed by atoms with Crippen LogP contribution in [0.5, 0.6) is 0 Å². The normalized spacial score (nSPS) is 25.4. The molecule has 0 saturated heterocycles. The number of hydrogen-bond acceptors (Lipinski definition) is 3. The van der Waals surface area contributed by atoms with E-state index in [4.69, 9.17) is 12.2 Å². The van der Waals surface area contributed by atoms with E-state index in [1.807, 2.05) is 25.1 Å². The fourth-order valence-corrected chi connectivity index (χ4v) is 5.12. The molecule has 2 aliphatic carbocycles. The summed E-state index contributed by atoms with van der Waals surface area (Å²) in [5.41, 5.74) is 2.11. The van der Waals surface area contributed by atoms with Crippen molar-refractivity contribution in [1.29, 1.82) is 0 Å². The third-order valence-corrected chi connectivity index (χ3v) is 6.47. The Labute approximate surface area is 159 Å². The van der Waals surface area contributed by atoms with Gasteiger partial charge in [0.15, 0.2) is 10.6 Å². The molecule has 0 unspecified atom stereocenters. The van der Waals surface area contributed by atoms with Crippen LogP contribution in [-0.4, -0.2) is 26.7 Å². The second-order valence-electron chi connectivity index (χ2n) is 8.00. The number of benzene rings is 1. The molecule has 1 aromatic heterocycles. The average Bonchev–Trinajstić information content (AvgIpc) is 3.32. The molecule has 5 nitrogen and oxygen atoms in total. The molecule has 26 heavy (non-hydrogen) atoms. The zero-order valence-corrected chi connectivity index (χ0v) is 16.2. The van der Waals surface area contributed by atoms with E-state index in [-0.39, 0.29) is 18.5 Å². The van der Waals surface area contributed by atoms with Gasteiger partial charge in [0, 0.05) is 11.6 Å². The van der Waals surface area contributed by atoms with Crippen molar-refractivity contribution >= 4 is 18.1 Å². The SMILES string of the molecule is Cc1cccc(-c2n[nH]c(=S)n2CC(=O)N[C@@H](C)[C@H]2C[C@H]3CC[C@H]2C3)c1. The van der Waals surface area contributed by atoms with Crippen molar-refractivity contribution in [2.45, 2.75) is 52.1 Å². The first kappa shape index (κ1) is 17.5. The molecule has 2 saturated carbocycles. The van der Waals surface area contributed by atoms with Gasteiger partial charge in [0.2, 0.25) is 5.91 Å². The van der Waals surface area contributed by atoms with Crippen LogP contribution in [0, 0.1) is 29.4 Å². The minimum Gasteiger partial charge on any atom is -0.352 e. The summed E-state index contributed by atoms with van der Waals surface area (Å²) in [6.45, 7) is 4.39. The van der Waals surface area contributed by atoms with Crippen molar-refractivity contribution in [3.63, 3.8) is 0 Å². The van der Waals surface area contributed by atoms with Crippen LogP contribution in [0.1, 0.15) is 38.2 Å². The van der Waals surface area contributed by atoms with Crippen molar-refractivity contribution in [2.75, 3.05) is 0 Å². The first-order chi connectivity index (χ1) is 12.5. The predicted molar refractivity (Wildman–Crippen MR) is 104 cm³/mol. The van der Waals surface area contributed by atoms with Gasteiger partial charge in [-0.25, -0.2) is 0 Å². The number of carbonyl (C=O) groups is 1.